The highest BCUT2D eigenvalue weighted by atomic mass is 16.5. The summed E-state index contributed by atoms with van der Waals surface area (Å²) in [5.74, 6) is 1.72. The van der Waals surface area contributed by atoms with Crippen LogP contribution in [-0.4, -0.2) is 18.9 Å². The fourth-order valence-electron chi connectivity index (χ4n) is 1.88. The summed E-state index contributed by atoms with van der Waals surface area (Å²) >= 11 is 0. The van der Waals surface area contributed by atoms with Gasteiger partial charge in [-0.2, -0.15) is 0 Å². The van der Waals surface area contributed by atoms with Crippen LogP contribution in [0.4, 0.5) is 0 Å². The normalized spacial score (nSPS) is 10.3. The summed E-state index contributed by atoms with van der Waals surface area (Å²) in [6.07, 6.45) is 0. The number of nitrogens with one attached hydrogen (secondary N) is 1. The number of phenols is 1. The van der Waals surface area contributed by atoms with Gasteiger partial charge in [-0.25, -0.2) is 0 Å². The molecule has 0 saturated carbocycles. The summed E-state index contributed by atoms with van der Waals surface area (Å²) in [6, 6.07) is 13.0. The summed E-state index contributed by atoms with van der Waals surface area (Å²) in [7, 11) is 1.65. The Morgan fingerprint density at radius 1 is 1.05 bits per heavy atom. The molecule has 0 radical (unpaired) electrons. The highest BCUT2D eigenvalue weighted by molar-refractivity contribution is 5.36. The molecule has 0 aliphatic carbocycles. The first-order valence-electron chi connectivity index (χ1n) is 6.44. The third-order valence-electron chi connectivity index (χ3n) is 2.86. The summed E-state index contributed by atoms with van der Waals surface area (Å²) in [5, 5.41) is 12.6. The SMILES string of the molecule is COc1ccc(CNCOc2cc(C)cc(O)c2)cc1. The van der Waals surface area contributed by atoms with Gasteiger partial charge in [-0.05, 0) is 42.3 Å². The Hall–Kier alpha value is -2.20. The largest absolute Gasteiger partial charge is 0.508 e. The molecule has 0 atom stereocenters. The molecular weight excluding hydrogens is 254 g/mol. The van der Waals surface area contributed by atoms with E-state index < -0.39 is 0 Å². The number of methoxy groups -OCH3 is 1. The number of hydrogen-bond donors (Lipinski definition) is 2. The predicted octanol–water partition coefficient (Wildman–Crippen LogP) is 2.84. The predicted molar refractivity (Wildman–Crippen MR) is 78.2 cm³/mol. The van der Waals surface area contributed by atoms with Crippen LogP contribution < -0.4 is 14.8 Å². The summed E-state index contributed by atoms with van der Waals surface area (Å²) < 4.78 is 10.6. The van der Waals surface area contributed by atoms with Gasteiger partial charge >= 0.3 is 0 Å². The second-order valence-electron chi connectivity index (χ2n) is 4.57. The molecule has 0 bridgehead atoms. The summed E-state index contributed by atoms with van der Waals surface area (Å²) in [6.45, 7) is 3.01. The number of aromatic hydroxyl groups is 1. The van der Waals surface area contributed by atoms with Gasteiger partial charge in [0.1, 0.15) is 24.0 Å². The van der Waals surface area contributed by atoms with E-state index in [4.69, 9.17) is 9.47 Å². The molecule has 2 N–H and O–H groups in total. The monoisotopic (exact) mass is 273 g/mol. The van der Waals surface area contributed by atoms with Crippen molar-refractivity contribution in [2.24, 2.45) is 0 Å². The average molecular weight is 273 g/mol. The van der Waals surface area contributed by atoms with E-state index in [1.54, 1.807) is 19.2 Å². The van der Waals surface area contributed by atoms with Crippen LogP contribution in [0.5, 0.6) is 17.2 Å². The smallest absolute Gasteiger partial charge is 0.139 e. The molecule has 4 nitrogen and oxygen atoms in total. The van der Waals surface area contributed by atoms with Gasteiger partial charge < -0.3 is 14.6 Å². The number of benzene rings is 2. The zero-order chi connectivity index (χ0) is 14.4. The molecule has 4 heteroatoms. The van der Waals surface area contributed by atoms with Crippen LogP contribution in [-0.2, 0) is 6.54 Å². The highest BCUT2D eigenvalue weighted by Gasteiger charge is 1.99. The van der Waals surface area contributed by atoms with Crippen LogP contribution in [0.2, 0.25) is 0 Å². The molecule has 0 amide bonds. The lowest BCUT2D eigenvalue weighted by atomic mass is 10.2. The van der Waals surface area contributed by atoms with Crippen molar-refractivity contribution >= 4 is 0 Å². The third kappa shape index (κ3) is 4.17. The minimum Gasteiger partial charge on any atom is -0.508 e. The fourth-order valence-corrected chi connectivity index (χ4v) is 1.88. The van der Waals surface area contributed by atoms with Crippen molar-refractivity contribution in [2.45, 2.75) is 13.5 Å². The maximum Gasteiger partial charge on any atom is 0.139 e. The van der Waals surface area contributed by atoms with Gasteiger partial charge in [-0.1, -0.05) is 12.1 Å². The minimum absolute atomic E-state index is 0.218. The van der Waals surface area contributed by atoms with Gasteiger partial charge in [0.2, 0.25) is 0 Å². The van der Waals surface area contributed by atoms with Gasteiger partial charge in [-0.15, -0.1) is 0 Å². The van der Waals surface area contributed by atoms with E-state index in [0.717, 1.165) is 16.9 Å². The van der Waals surface area contributed by atoms with E-state index in [9.17, 15) is 5.11 Å². The topological polar surface area (TPSA) is 50.7 Å². The van der Waals surface area contributed by atoms with Crippen LogP contribution >= 0.6 is 0 Å². The van der Waals surface area contributed by atoms with Crippen LogP contribution in [0.1, 0.15) is 11.1 Å². The Bertz CT molecular complexity index is 532. The standard InChI is InChI=1S/C16H19NO3/c1-12-7-14(18)9-16(8-12)20-11-17-10-13-3-5-15(19-2)6-4-13/h3-9,17-18H,10-11H2,1-2H3. The molecule has 0 aliphatic heterocycles. The molecule has 2 aromatic rings. The molecule has 0 aliphatic rings. The zero-order valence-electron chi connectivity index (χ0n) is 11.7. The molecule has 2 rings (SSSR count). The van der Waals surface area contributed by atoms with Crippen LogP contribution in [0, 0.1) is 6.92 Å². The van der Waals surface area contributed by atoms with Crippen molar-refractivity contribution in [3.63, 3.8) is 0 Å². The Labute approximate surface area is 119 Å². The second-order valence-corrected chi connectivity index (χ2v) is 4.57. The summed E-state index contributed by atoms with van der Waals surface area (Å²) in [5.41, 5.74) is 2.12. The zero-order valence-corrected chi connectivity index (χ0v) is 11.7. The van der Waals surface area contributed by atoms with Gasteiger partial charge in [-0.3, -0.25) is 5.32 Å². The summed E-state index contributed by atoms with van der Waals surface area (Å²) in [4.78, 5) is 0. The van der Waals surface area contributed by atoms with Gasteiger partial charge in [0.25, 0.3) is 0 Å². The molecule has 0 saturated heterocycles. The van der Waals surface area contributed by atoms with Crippen molar-refractivity contribution < 1.29 is 14.6 Å². The third-order valence-corrected chi connectivity index (χ3v) is 2.86. The Kier molecular flexibility index (Phi) is 4.85. The lowest BCUT2D eigenvalue weighted by Gasteiger charge is -2.09. The van der Waals surface area contributed by atoms with Crippen molar-refractivity contribution in [3.8, 4) is 17.2 Å². The lowest BCUT2D eigenvalue weighted by Crippen LogP contribution is -2.19. The van der Waals surface area contributed by atoms with Gasteiger partial charge in [0.05, 0.1) is 7.11 Å². The molecule has 20 heavy (non-hydrogen) atoms. The number of phenolic OH excluding ortho intramolecular Hbond substituents is 1. The van der Waals surface area contributed by atoms with Crippen LogP contribution in [0.15, 0.2) is 42.5 Å². The molecule has 0 heterocycles. The fraction of sp³-hybridized carbons (Fsp3) is 0.250. The lowest BCUT2D eigenvalue weighted by molar-refractivity contribution is 0.281. The second kappa shape index (κ2) is 6.82. The first-order valence-corrected chi connectivity index (χ1v) is 6.44. The van der Waals surface area contributed by atoms with Crippen LogP contribution in [0.3, 0.4) is 0 Å². The number of ether oxygens (including phenoxy) is 2. The van der Waals surface area contributed by atoms with Crippen molar-refractivity contribution in [1.29, 1.82) is 0 Å². The van der Waals surface area contributed by atoms with E-state index >= 15 is 0 Å². The first-order chi connectivity index (χ1) is 9.67. The van der Waals surface area contributed by atoms with Crippen molar-refractivity contribution in [3.05, 3.63) is 53.6 Å². The molecule has 106 valence electrons. The quantitative estimate of drug-likeness (QED) is 0.627. The van der Waals surface area contributed by atoms with Gasteiger partial charge in [0, 0.05) is 12.6 Å². The Morgan fingerprint density at radius 3 is 2.45 bits per heavy atom. The molecule has 0 spiro atoms. The first kappa shape index (κ1) is 14.2. The van der Waals surface area contributed by atoms with E-state index in [1.807, 2.05) is 37.3 Å². The van der Waals surface area contributed by atoms with Crippen molar-refractivity contribution in [2.75, 3.05) is 13.8 Å². The molecule has 0 unspecified atom stereocenters. The number of rotatable bonds is 6. The Morgan fingerprint density at radius 2 is 1.80 bits per heavy atom. The minimum atomic E-state index is 0.218. The Balaban J connectivity index is 1.78. The van der Waals surface area contributed by atoms with E-state index in [-0.39, 0.29) is 5.75 Å². The maximum atomic E-state index is 9.47. The highest BCUT2D eigenvalue weighted by Crippen LogP contribution is 2.20. The number of hydrogen-bond acceptors (Lipinski definition) is 4. The van der Waals surface area contributed by atoms with Crippen molar-refractivity contribution in [1.82, 2.24) is 5.32 Å². The number of aryl methyl sites for hydroxylation is 1. The van der Waals surface area contributed by atoms with Crippen LogP contribution in [0.25, 0.3) is 0 Å². The molecule has 2 aromatic carbocycles. The maximum absolute atomic E-state index is 9.47. The average Bonchev–Trinajstić information content (AvgIpc) is 2.43. The van der Waals surface area contributed by atoms with E-state index in [2.05, 4.69) is 5.32 Å². The van der Waals surface area contributed by atoms with E-state index in [0.29, 0.717) is 19.0 Å². The van der Waals surface area contributed by atoms with Gasteiger partial charge in [0.15, 0.2) is 0 Å². The molecule has 0 fully saturated rings. The molecule has 0 aromatic heterocycles. The van der Waals surface area contributed by atoms with E-state index in [1.165, 1.54) is 0 Å². The molecular formula is C16H19NO3.